The standard InChI is InChI=1S/C16H25N5O5/c1-6-8(3-20-4-9(10(23)5-20)19-16(17)18)13(15(25)26)21-12(6)11(7(2)22)14(21)24/h6-7,9-12,22-23H,3-5H2,1-2H3,(H,25,26)(H4,17,18,19)/t6-,7+,9-,10-,11?,12?/m0/s1. The van der Waals surface area contributed by atoms with Crippen molar-refractivity contribution in [1.82, 2.24) is 9.80 Å². The Hall–Kier alpha value is -2.17. The molecule has 10 heteroatoms. The fraction of sp³-hybridized carbons (Fsp3) is 0.688. The minimum atomic E-state index is -1.16. The lowest BCUT2D eigenvalue weighted by molar-refractivity contribution is -0.163. The number of amides is 1. The molecule has 2 saturated heterocycles. The van der Waals surface area contributed by atoms with Crippen LogP contribution in [0.2, 0.25) is 0 Å². The maximum Gasteiger partial charge on any atom is 0.352 e. The van der Waals surface area contributed by atoms with Crippen LogP contribution in [0.25, 0.3) is 0 Å². The minimum Gasteiger partial charge on any atom is -0.477 e. The lowest BCUT2D eigenvalue weighted by atomic mass is 9.77. The summed E-state index contributed by atoms with van der Waals surface area (Å²) < 4.78 is 0. The molecule has 1 amide bonds. The quantitative estimate of drug-likeness (QED) is 0.202. The molecule has 0 aliphatic carbocycles. The molecule has 6 atom stereocenters. The summed E-state index contributed by atoms with van der Waals surface area (Å²) in [6, 6.07) is -0.806. The average Bonchev–Trinajstić information content (AvgIpc) is 2.96. The van der Waals surface area contributed by atoms with Crippen LogP contribution in [0.1, 0.15) is 13.8 Å². The minimum absolute atomic E-state index is 0.0100. The Morgan fingerprint density at radius 1 is 1.38 bits per heavy atom. The van der Waals surface area contributed by atoms with Gasteiger partial charge in [-0.25, -0.2) is 9.79 Å². The molecule has 0 saturated carbocycles. The molecule has 2 fully saturated rings. The maximum atomic E-state index is 12.3. The van der Waals surface area contributed by atoms with Crippen LogP contribution in [0.5, 0.6) is 0 Å². The smallest absolute Gasteiger partial charge is 0.352 e. The first kappa shape index (κ1) is 18.6. The number of carbonyl (C=O) groups is 2. The van der Waals surface area contributed by atoms with Crippen molar-refractivity contribution in [2.75, 3.05) is 19.6 Å². The van der Waals surface area contributed by atoms with E-state index in [1.54, 1.807) is 6.92 Å². The van der Waals surface area contributed by atoms with Crippen LogP contribution in [0.4, 0.5) is 0 Å². The number of β-lactam (4-membered cyclic amide) rings is 1. The summed E-state index contributed by atoms with van der Waals surface area (Å²) in [4.78, 5) is 31.3. The van der Waals surface area contributed by atoms with Gasteiger partial charge in [-0.2, -0.15) is 0 Å². The molecule has 10 nitrogen and oxygen atoms in total. The van der Waals surface area contributed by atoms with E-state index >= 15 is 0 Å². The van der Waals surface area contributed by atoms with Crippen LogP contribution in [-0.4, -0.2) is 86.9 Å². The molecule has 7 N–H and O–H groups in total. The van der Waals surface area contributed by atoms with Crippen molar-refractivity contribution in [2.45, 2.75) is 38.1 Å². The Kier molecular flexibility index (Phi) is 4.67. The predicted octanol–water partition coefficient (Wildman–Crippen LogP) is -2.50. The molecule has 3 aliphatic heterocycles. The topological polar surface area (TPSA) is 166 Å². The molecular formula is C16H25N5O5. The molecule has 3 aliphatic rings. The Balaban J connectivity index is 1.82. The van der Waals surface area contributed by atoms with E-state index in [0.717, 1.165) is 0 Å². The summed E-state index contributed by atoms with van der Waals surface area (Å²) in [5.41, 5.74) is 11.4. The Labute approximate surface area is 150 Å². The summed E-state index contributed by atoms with van der Waals surface area (Å²) in [6.45, 7) is 4.40. The molecule has 3 rings (SSSR count). The van der Waals surface area contributed by atoms with Crippen molar-refractivity contribution in [3.8, 4) is 0 Å². The first-order chi connectivity index (χ1) is 12.1. The van der Waals surface area contributed by atoms with Gasteiger partial charge in [-0.05, 0) is 12.5 Å². The second kappa shape index (κ2) is 6.53. The third-order valence-corrected chi connectivity index (χ3v) is 5.56. The highest BCUT2D eigenvalue weighted by Crippen LogP contribution is 2.47. The third kappa shape index (κ3) is 2.83. The number of likely N-dealkylation sites (tertiary alicyclic amines) is 1. The van der Waals surface area contributed by atoms with Crippen molar-refractivity contribution < 1.29 is 24.9 Å². The zero-order valence-corrected chi connectivity index (χ0v) is 14.7. The highest BCUT2D eigenvalue weighted by Gasteiger charge is 2.59. The molecule has 144 valence electrons. The van der Waals surface area contributed by atoms with Gasteiger partial charge in [-0.15, -0.1) is 0 Å². The lowest BCUT2D eigenvalue weighted by Gasteiger charge is -2.46. The number of nitrogens with two attached hydrogens (primary N) is 2. The van der Waals surface area contributed by atoms with E-state index in [1.807, 2.05) is 11.8 Å². The number of aliphatic hydroxyl groups is 2. The number of aliphatic imine (C=N–C) groups is 1. The number of aliphatic hydroxyl groups excluding tert-OH is 2. The number of guanidine groups is 1. The number of hydrogen-bond acceptors (Lipinski definition) is 6. The summed E-state index contributed by atoms with van der Waals surface area (Å²) >= 11 is 0. The van der Waals surface area contributed by atoms with Crippen LogP contribution >= 0.6 is 0 Å². The molecule has 0 aromatic heterocycles. The molecule has 0 aromatic rings. The monoisotopic (exact) mass is 367 g/mol. The molecule has 26 heavy (non-hydrogen) atoms. The molecule has 2 unspecified atom stereocenters. The number of rotatable bonds is 5. The van der Waals surface area contributed by atoms with Crippen molar-refractivity contribution in [1.29, 1.82) is 0 Å². The average molecular weight is 367 g/mol. The van der Waals surface area contributed by atoms with E-state index in [9.17, 15) is 24.9 Å². The van der Waals surface area contributed by atoms with Crippen molar-refractivity contribution >= 4 is 17.8 Å². The number of carboxylic acid groups (broad SMARTS) is 1. The van der Waals surface area contributed by atoms with Gasteiger partial charge in [0, 0.05) is 25.6 Å². The molecule has 0 aromatic carbocycles. The normalized spacial score (nSPS) is 35.3. The van der Waals surface area contributed by atoms with Crippen LogP contribution < -0.4 is 11.5 Å². The summed E-state index contributed by atoms with van der Waals surface area (Å²) in [6.07, 6.45) is -1.58. The van der Waals surface area contributed by atoms with E-state index in [2.05, 4.69) is 4.99 Å². The molecule has 3 heterocycles. The fourth-order valence-corrected chi connectivity index (χ4v) is 4.39. The van der Waals surface area contributed by atoms with E-state index in [1.165, 1.54) is 4.90 Å². The highest BCUT2D eigenvalue weighted by molar-refractivity contribution is 6.00. The number of carbonyl (C=O) groups excluding carboxylic acids is 1. The number of β-amino-alcohol motifs (C(OH)–C–C–N with tert-alkyl or cyclic N) is 1. The van der Waals surface area contributed by atoms with Crippen LogP contribution in [0, 0.1) is 11.8 Å². The van der Waals surface area contributed by atoms with Crippen molar-refractivity contribution in [3.05, 3.63) is 11.3 Å². The van der Waals surface area contributed by atoms with Gasteiger partial charge in [0.1, 0.15) is 5.70 Å². The van der Waals surface area contributed by atoms with Gasteiger partial charge in [0.2, 0.25) is 5.91 Å². The zero-order chi connectivity index (χ0) is 19.3. The SMILES string of the molecule is C[C@@H](O)C1C(=O)N2C(C(=O)O)=C(CN3C[C@H](N=C(N)N)[C@@H](O)C3)[C@H](C)C12. The molecular weight excluding hydrogens is 342 g/mol. The Morgan fingerprint density at radius 2 is 2.04 bits per heavy atom. The van der Waals surface area contributed by atoms with Gasteiger partial charge < -0.3 is 31.7 Å². The van der Waals surface area contributed by atoms with Gasteiger partial charge in [-0.3, -0.25) is 9.69 Å². The van der Waals surface area contributed by atoms with Gasteiger partial charge >= 0.3 is 5.97 Å². The summed E-state index contributed by atoms with van der Waals surface area (Å²) in [5, 5.41) is 29.6. The fourth-order valence-electron chi connectivity index (χ4n) is 4.39. The van der Waals surface area contributed by atoms with Crippen molar-refractivity contribution in [2.24, 2.45) is 28.3 Å². The van der Waals surface area contributed by atoms with Crippen LogP contribution in [0.3, 0.4) is 0 Å². The second-order valence-corrected chi connectivity index (χ2v) is 7.32. The highest BCUT2D eigenvalue weighted by atomic mass is 16.4. The van der Waals surface area contributed by atoms with Crippen molar-refractivity contribution in [3.63, 3.8) is 0 Å². The third-order valence-electron chi connectivity index (χ3n) is 5.56. The molecule has 0 radical (unpaired) electrons. The Bertz CT molecular complexity index is 687. The summed E-state index contributed by atoms with van der Waals surface area (Å²) in [5.74, 6) is -2.41. The number of hydrogen-bond donors (Lipinski definition) is 5. The summed E-state index contributed by atoms with van der Waals surface area (Å²) in [7, 11) is 0. The largest absolute Gasteiger partial charge is 0.477 e. The van der Waals surface area contributed by atoms with Gasteiger partial charge in [0.15, 0.2) is 5.96 Å². The molecule has 0 spiro atoms. The van der Waals surface area contributed by atoms with E-state index in [-0.39, 0.29) is 29.5 Å². The first-order valence-electron chi connectivity index (χ1n) is 8.60. The van der Waals surface area contributed by atoms with Crippen LogP contribution in [-0.2, 0) is 9.59 Å². The van der Waals surface area contributed by atoms with Crippen LogP contribution in [0.15, 0.2) is 16.3 Å². The molecule has 0 bridgehead atoms. The van der Waals surface area contributed by atoms with E-state index < -0.39 is 30.1 Å². The maximum absolute atomic E-state index is 12.3. The second-order valence-electron chi connectivity index (χ2n) is 7.32. The van der Waals surface area contributed by atoms with Gasteiger partial charge in [0.05, 0.1) is 30.2 Å². The number of nitrogens with zero attached hydrogens (tertiary/aromatic N) is 3. The zero-order valence-electron chi connectivity index (χ0n) is 14.7. The van der Waals surface area contributed by atoms with Gasteiger partial charge in [-0.1, -0.05) is 6.92 Å². The first-order valence-corrected chi connectivity index (χ1v) is 8.60. The van der Waals surface area contributed by atoms with E-state index in [4.69, 9.17) is 11.5 Å². The van der Waals surface area contributed by atoms with Gasteiger partial charge in [0.25, 0.3) is 0 Å². The van der Waals surface area contributed by atoms with E-state index in [0.29, 0.717) is 25.2 Å². The lowest BCUT2D eigenvalue weighted by Crippen LogP contribution is -2.63. The number of fused-ring (bicyclic) bond motifs is 1. The predicted molar refractivity (Wildman–Crippen MR) is 91.7 cm³/mol. The number of aliphatic carboxylic acids is 1. The Morgan fingerprint density at radius 3 is 2.58 bits per heavy atom. The number of carboxylic acids is 1.